The molecule has 11 rings (SSSR count). The summed E-state index contributed by atoms with van der Waals surface area (Å²) in [5, 5.41) is 15.8. The van der Waals surface area contributed by atoms with E-state index in [0.29, 0.717) is 0 Å². The van der Waals surface area contributed by atoms with Gasteiger partial charge in [0.05, 0.1) is 0 Å². The van der Waals surface area contributed by atoms with Crippen molar-refractivity contribution in [1.82, 2.24) is 0 Å². The van der Waals surface area contributed by atoms with E-state index in [1.807, 2.05) is 11.8 Å². The van der Waals surface area contributed by atoms with Crippen LogP contribution >= 0.6 is 11.8 Å². The summed E-state index contributed by atoms with van der Waals surface area (Å²) in [6, 6.07) is 65.6. The Morgan fingerprint density at radius 1 is 0.300 bits per heavy atom. The summed E-state index contributed by atoms with van der Waals surface area (Å²) in [4.78, 5) is 2.76. The van der Waals surface area contributed by atoms with Crippen LogP contribution in [0.15, 0.2) is 186 Å². The fourth-order valence-corrected chi connectivity index (χ4v) is 10.2. The van der Waals surface area contributed by atoms with E-state index >= 15 is 0 Å². The number of rotatable bonds is 2. The van der Waals surface area contributed by atoms with Crippen LogP contribution in [-0.4, -0.2) is 0 Å². The lowest BCUT2D eigenvalue weighted by Crippen LogP contribution is -2.12. The van der Waals surface area contributed by atoms with Gasteiger partial charge in [-0.2, -0.15) is 0 Å². The summed E-state index contributed by atoms with van der Waals surface area (Å²) in [5.41, 5.74) is 6.64. The van der Waals surface area contributed by atoms with Crippen LogP contribution in [0.3, 0.4) is 0 Å². The molecule has 0 spiro atoms. The van der Waals surface area contributed by atoms with Gasteiger partial charge in [0.25, 0.3) is 0 Å². The quantitative estimate of drug-likeness (QED) is 0.168. The van der Waals surface area contributed by atoms with Crippen molar-refractivity contribution >= 4 is 76.4 Å². The Balaban J connectivity index is 1.18. The lowest BCUT2D eigenvalue weighted by Gasteiger charge is -2.33. The van der Waals surface area contributed by atoms with Crippen LogP contribution in [0.2, 0.25) is 0 Å². The molecule has 0 fully saturated rings. The fourth-order valence-electron chi connectivity index (χ4n) is 8.71. The second kappa shape index (κ2) is 10.8. The van der Waals surface area contributed by atoms with E-state index in [2.05, 4.69) is 176 Å². The Hall–Kier alpha value is -5.89. The first kappa shape index (κ1) is 28.0. The molecule has 0 radical (unpaired) electrons. The molecule has 232 valence electrons. The molecular weight excluding hydrogens is 621 g/mol. The minimum absolute atomic E-state index is 0.0716. The molecule has 1 aliphatic heterocycles. The van der Waals surface area contributed by atoms with Crippen molar-refractivity contribution < 1.29 is 0 Å². The summed E-state index contributed by atoms with van der Waals surface area (Å²) in [6.07, 6.45) is 0. The minimum atomic E-state index is 0.0716. The second-order valence-corrected chi connectivity index (χ2v) is 14.6. The second-order valence-electron chi connectivity index (χ2n) is 13.5. The molecule has 1 aliphatic rings. The molecule has 0 N–H and O–H groups in total. The molecular formula is C49H30S. The fraction of sp³-hybridized carbons (Fsp3) is 0.0204. The highest BCUT2D eigenvalue weighted by molar-refractivity contribution is 8.00. The average Bonchev–Trinajstić information content (AvgIpc) is 3.20. The molecule has 50 heavy (non-hydrogen) atoms. The molecule has 1 heteroatoms. The predicted molar refractivity (Wildman–Crippen MR) is 215 cm³/mol. The van der Waals surface area contributed by atoms with E-state index in [0.717, 1.165) is 0 Å². The van der Waals surface area contributed by atoms with E-state index in [4.69, 9.17) is 0 Å². The highest BCUT2D eigenvalue weighted by Gasteiger charge is 2.34. The van der Waals surface area contributed by atoms with Gasteiger partial charge in [0.1, 0.15) is 0 Å². The zero-order valence-corrected chi connectivity index (χ0v) is 28.0. The monoisotopic (exact) mass is 650 g/mol. The van der Waals surface area contributed by atoms with Gasteiger partial charge >= 0.3 is 0 Å². The Bertz CT molecular complexity index is 2880. The summed E-state index contributed by atoms with van der Waals surface area (Å²) in [7, 11) is 0. The highest BCUT2D eigenvalue weighted by atomic mass is 32.2. The lowest BCUT2D eigenvalue weighted by molar-refractivity contribution is 0.938. The molecule has 1 heterocycles. The highest BCUT2D eigenvalue weighted by Crippen LogP contribution is 2.57. The van der Waals surface area contributed by atoms with Crippen molar-refractivity contribution in [2.75, 3.05) is 0 Å². The van der Waals surface area contributed by atoms with Gasteiger partial charge in [-0.25, -0.2) is 0 Å². The van der Waals surface area contributed by atoms with Gasteiger partial charge in [0.15, 0.2) is 0 Å². The van der Waals surface area contributed by atoms with Crippen molar-refractivity contribution in [3.8, 4) is 11.1 Å². The Morgan fingerprint density at radius 2 is 0.720 bits per heavy atom. The molecule has 10 aromatic carbocycles. The first-order valence-electron chi connectivity index (χ1n) is 17.4. The minimum Gasteiger partial charge on any atom is -0.0881 e. The molecule has 0 nitrogen and oxygen atoms in total. The first-order chi connectivity index (χ1) is 24.8. The third-order valence-electron chi connectivity index (χ3n) is 11.0. The molecule has 0 unspecified atom stereocenters. The average molecular weight is 651 g/mol. The number of hydrogen-bond acceptors (Lipinski definition) is 1. The van der Waals surface area contributed by atoms with E-state index in [9.17, 15) is 0 Å². The summed E-state index contributed by atoms with van der Waals surface area (Å²) < 4.78 is 0. The molecule has 0 atom stereocenters. The normalized spacial score (nSPS) is 13.0. The topological polar surface area (TPSA) is 0 Å². The molecule has 0 bridgehead atoms. The van der Waals surface area contributed by atoms with Crippen LogP contribution in [0.25, 0.3) is 75.8 Å². The van der Waals surface area contributed by atoms with Crippen LogP contribution in [0.4, 0.5) is 0 Å². The van der Waals surface area contributed by atoms with Gasteiger partial charge in [0, 0.05) is 15.7 Å². The number of hydrogen-bond donors (Lipinski definition) is 0. The maximum Gasteiger partial charge on any atom is 0.0375 e. The number of fused-ring (bicyclic) bond motifs is 15. The van der Waals surface area contributed by atoms with Gasteiger partial charge in [-0.15, -0.1) is 0 Å². The summed E-state index contributed by atoms with van der Waals surface area (Å²) in [5.74, 6) is 0.0716. The van der Waals surface area contributed by atoms with Crippen LogP contribution in [0.1, 0.15) is 22.6 Å². The van der Waals surface area contributed by atoms with Gasteiger partial charge in [-0.1, -0.05) is 182 Å². The van der Waals surface area contributed by atoms with E-state index in [-0.39, 0.29) is 5.92 Å². The van der Waals surface area contributed by atoms with E-state index < -0.39 is 0 Å². The van der Waals surface area contributed by atoms with Crippen molar-refractivity contribution in [2.45, 2.75) is 15.7 Å². The molecule has 0 amide bonds. The van der Waals surface area contributed by atoms with Crippen molar-refractivity contribution in [3.05, 3.63) is 193 Å². The molecule has 0 saturated carbocycles. The van der Waals surface area contributed by atoms with Gasteiger partial charge in [-0.05, 0) is 98.5 Å². The third-order valence-corrected chi connectivity index (χ3v) is 12.2. The molecule has 0 aliphatic carbocycles. The Morgan fingerprint density at radius 3 is 1.30 bits per heavy atom. The molecule has 0 aromatic heterocycles. The van der Waals surface area contributed by atoms with Gasteiger partial charge < -0.3 is 0 Å². The van der Waals surface area contributed by atoms with E-state index in [1.165, 1.54) is 102 Å². The first-order valence-corrected chi connectivity index (χ1v) is 18.2. The Labute approximate surface area is 294 Å². The third kappa shape index (κ3) is 4.02. The predicted octanol–water partition coefficient (Wildman–Crippen LogP) is 13.9. The standard InChI is InChI=1S/C49H30S/c1-2-12-35-31(11-1)23-26-34-29-33(27-28-36(34)35)30-21-24-32(25-22-30)45-46-41-17-7-3-13-37(41)39-15-5-9-19-43(39)48(46)50-49-44-20-10-6-16-40(44)38-14-4-8-18-42(38)47(45)49/h1-29,45H. The maximum absolute atomic E-state index is 2.39. The largest absolute Gasteiger partial charge is 0.0881 e. The van der Waals surface area contributed by atoms with Crippen molar-refractivity contribution in [1.29, 1.82) is 0 Å². The lowest BCUT2D eigenvalue weighted by atomic mass is 9.78. The number of benzene rings is 10. The summed E-state index contributed by atoms with van der Waals surface area (Å²) in [6.45, 7) is 0. The maximum atomic E-state index is 2.39. The SMILES string of the molecule is c1ccc2c(c1)ccc1cc(-c3ccc(C4c5c(c6ccccc6c6ccccc56)Sc5c4c4ccccc4c4ccccc54)cc3)ccc12. The molecule has 0 saturated heterocycles. The molecule has 10 aromatic rings. The van der Waals surface area contributed by atoms with Crippen LogP contribution in [0, 0.1) is 0 Å². The van der Waals surface area contributed by atoms with Crippen LogP contribution < -0.4 is 0 Å². The zero-order valence-electron chi connectivity index (χ0n) is 27.2. The van der Waals surface area contributed by atoms with Gasteiger partial charge in [0.2, 0.25) is 0 Å². The van der Waals surface area contributed by atoms with Crippen molar-refractivity contribution in [3.63, 3.8) is 0 Å². The van der Waals surface area contributed by atoms with Crippen molar-refractivity contribution in [2.24, 2.45) is 0 Å². The summed E-state index contributed by atoms with van der Waals surface area (Å²) >= 11 is 1.97. The smallest absolute Gasteiger partial charge is 0.0375 e. The van der Waals surface area contributed by atoms with Gasteiger partial charge in [-0.3, -0.25) is 0 Å². The Kier molecular flexibility index (Phi) is 6.05. The van der Waals surface area contributed by atoms with E-state index in [1.54, 1.807) is 0 Å². The van der Waals surface area contributed by atoms with Crippen LogP contribution in [-0.2, 0) is 0 Å². The van der Waals surface area contributed by atoms with Crippen LogP contribution in [0.5, 0.6) is 0 Å². The zero-order chi connectivity index (χ0) is 32.8.